The molecular weight excluding hydrogens is 294 g/mol. The molecule has 1 aromatic carbocycles. The van der Waals surface area contributed by atoms with Crippen LogP contribution in [0.15, 0.2) is 58.0 Å². The minimum absolute atomic E-state index is 0.0857. The van der Waals surface area contributed by atoms with Gasteiger partial charge in [0.25, 0.3) is 0 Å². The number of para-hydroxylation sites is 1. The number of Topliss-reactive ketones (excluding diaryl/α,β-unsaturated/α-hetero) is 1. The topological polar surface area (TPSA) is 80.4 Å². The molecule has 0 saturated heterocycles. The Kier molecular flexibility index (Phi) is 3.93. The number of nitrogens with zero attached hydrogens (tertiary/aromatic N) is 1. The fourth-order valence-electron chi connectivity index (χ4n) is 2.71. The van der Waals surface area contributed by atoms with E-state index in [9.17, 15) is 14.7 Å². The summed E-state index contributed by atoms with van der Waals surface area (Å²) < 4.78 is 5.31. The Morgan fingerprint density at radius 3 is 2.74 bits per heavy atom. The molecule has 0 radical (unpaired) electrons. The number of carbonyl (C=O) groups is 1. The third kappa shape index (κ3) is 2.85. The van der Waals surface area contributed by atoms with Gasteiger partial charge in [0.05, 0.1) is 10.9 Å². The van der Waals surface area contributed by atoms with Crippen LogP contribution in [0, 0.1) is 0 Å². The molecule has 2 heterocycles. The van der Waals surface area contributed by atoms with E-state index in [0.717, 1.165) is 0 Å². The summed E-state index contributed by atoms with van der Waals surface area (Å²) in [4.78, 5) is 28.1. The average Bonchev–Trinajstić information content (AvgIpc) is 2.54. The average molecular weight is 309 g/mol. The largest absolute Gasteiger partial charge is 0.507 e. The van der Waals surface area contributed by atoms with Crippen molar-refractivity contribution in [2.75, 3.05) is 0 Å². The zero-order valence-corrected chi connectivity index (χ0v) is 12.5. The molecule has 3 aromatic rings. The molecule has 1 N–H and O–H groups in total. The summed E-state index contributed by atoms with van der Waals surface area (Å²) in [6.07, 6.45) is 3.28. The first-order valence-electron chi connectivity index (χ1n) is 7.22. The van der Waals surface area contributed by atoms with Gasteiger partial charge >= 0.3 is 5.63 Å². The van der Waals surface area contributed by atoms with Gasteiger partial charge in [-0.1, -0.05) is 18.2 Å². The van der Waals surface area contributed by atoms with E-state index in [2.05, 4.69) is 4.98 Å². The smallest absolute Gasteiger partial charge is 0.343 e. The van der Waals surface area contributed by atoms with Crippen molar-refractivity contribution in [3.05, 3.63) is 70.3 Å². The Hall–Kier alpha value is -2.95. The van der Waals surface area contributed by atoms with E-state index in [1.807, 2.05) is 0 Å². The van der Waals surface area contributed by atoms with Crippen LogP contribution in [0.2, 0.25) is 0 Å². The second kappa shape index (κ2) is 6.04. The van der Waals surface area contributed by atoms with Gasteiger partial charge in [0.15, 0.2) is 0 Å². The van der Waals surface area contributed by atoms with Crippen molar-refractivity contribution in [2.45, 2.75) is 19.3 Å². The Bertz CT molecular complexity index is 915. The maximum Gasteiger partial charge on any atom is 0.343 e. The van der Waals surface area contributed by atoms with Crippen molar-refractivity contribution in [1.82, 2.24) is 4.98 Å². The van der Waals surface area contributed by atoms with Crippen LogP contribution < -0.4 is 5.63 Å². The molecule has 0 spiro atoms. The predicted octanol–water partition coefficient (Wildman–Crippen LogP) is 3.00. The van der Waals surface area contributed by atoms with Gasteiger partial charge < -0.3 is 9.52 Å². The molecule has 0 bridgehead atoms. The monoisotopic (exact) mass is 309 g/mol. The molecule has 1 atom stereocenters. The van der Waals surface area contributed by atoms with Crippen molar-refractivity contribution in [3.63, 3.8) is 0 Å². The molecule has 0 fully saturated rings. The number of aromatic hydroxyl groups is 1. The van der Waals surface area contributed by atoms with Crippen molar-refractivity contribution in [2.24, 2.45) is 0 Å². The third-order valence-corrected chi connectivity index (χ3v) is 3.75. The Morgan fingerprint density at radius 1 is 1.26 bits per heavy atom. The van der Waals surface area contributed by atoms with Gasteiger partial charge in [-0.3, -0.25) is 9.78 Å². The molecule has 0 aliphatic carbocycles. The molecule has 0 amide bonds. The number of hydrogen-bond donors (Lipinski definition) is 1. The molecule has 0 aliphatic rings. The first kappa shape index (κ1) is 15.0. The predicted molar refractivity (Wildman–Crippen MR) is 85.5 cm³/mol. The zero-order valence-electron chi connectivity index (χ0n) is 12.5. The lowest BCUT2D eigenvalue weighted by Gasteiger charge is -2.17. The summed E-state index contributed by atoms with van der Waals surface area (Å²) in [5.41, 5.74) is 0.440. The summed E-state index contributed by atoms with van der Waals surface area (Å²) in [6, 6.07) is 10.3. The number of ketones is 1. The number of carbonyl (C=O) groups excluding carboxylic acids is 1. The Morgan fingerprint density at radius 2 is 2.04 bits per heavy atom. The van der Waals surface area contributed by atoms with E-state index in [1.54, 1.807) is 48.8 Å². The second-order valence-corrected chi connectivity index (χ2v) is 5.39. The molecule has 5 nitrogen and oxygen atoms in total. The van der Waals surface area contributed by atoms with Gasteiger partial charge in [-0.15, -0.1) is 0 Å². The van der Waals surface area contributed by atoms with E-state index in [0.29, 0.717) is 16.5 Å². The fraction of sp³-hybridized carbons (Fsp3) is 0.167. The fourth-order valence-corrected chi connectivity index (χ4v) is 2.71. The first-order chi connectivity index (χ1) is 11.1. The van der Waals surface area contributed by atoms with Crippen molar-refractivity contribution < 1.29 is 14.3 Å². The van der Waals surface area contributed by atoms with Crippen LogP contribution in [-0.2, 0) is 4.79 Å². The quantitative estimate of drug-likeness (QED) is 0.749. The van der Waals surface area contributed by atoms with E-state index in [4.69, 9.17) is 4.42 Å². The normalized spacial score (nSPS) is 12.2. The van der Waals surface area contributed by atoms with Crippen molar-refractivity contribution >= 4 is 16.8 Å². The molecule has 23 heavy (non-hydrogen) atoms. The van der Waals surface area contributed by atoms with E-state index >= 15 is 0 Å². The maximum absolute atomic E-state index is 12.4. The van der Waals surface area contributed by atoms with Crippen molar-refractivity contribution in [3.8, 4) is 5.75 Å². The highest BCUT2D eigenvalue weighted by Crippen LogP contribution is 2.35. The van der Waals surface area contributed by atoms with Crippen molar-refractivity contribution in [1.29, 1.82) is 0 Å². The van der Waals surface area contributed by atoms with E-state index in [1.165, 1.54) is 6.92 Å². The lowest BCUT2D eigenvalue weighted by molar-refractivity contribution is -0.117. The van der Waals surface area contributed by atoms with E-state index < -0.39 is 11.5 Å². The Labute approximate surface area is 132 Å². The lowest BCUT2D eigenvalue weighted by atomic mass is 9.88. The molecule has 0 unspecified atom stereocenters. The van der Waals surface area contributed by atoms with Crippen LogP contribution >= 0.6 is 0 Å². The number of benzene rings is 1. The highest BCUT2D eigenvalue weighted by Gasteiger charge is 2.25. The summed E-state index contributed by atoms with van der Waals surface area (Å²) in [5, 5.41) is 11.0. The first-order valence-corrected chi connectivity index (χ1v) is 7.22. The van der Waals surface area contributed by atoms with Crippen LogP contribution in [0.3, 0.4) is 0 Å². The van der Waals surface area contributed by atoms with Crippen LogP contribution in [-0.4, -0.2) is 15.9 Å². The van der Waals surface area contributed by atoms with Gasteiger partial charge in [0.1, 0.15) is 17.1 Å². The SMILES string of the molecule is CC(=O)C[C@@H](c1cccnc1)c1c(O)c2ccccc2oc1=O. The Balaban J connectivity index is 2.26. The molecule has 5 heteroatoms. The summed E-state index contributed by atoms with van der Waals surface area (Å²) >= 11 is 0. The van der Waals surface area contributed by atoms with Gasteiger partial charge in [-0.05, 0) is 30.7 Å². The van der Waals surface area contributed by atoms with Gasteiger partial charge in [0.2, 0.25) is 0 Å². The second-order valence-electron chi connectivity index (χ2n) is 5.39. The van der Waals surface area contributed by atoms with Crippen LogP contribution in [0.25, 0.3) is 11.0 Å². The minimum Gasteiger partial charge on any atom is -0.507 e. The highest BCUT2D eigenvalue weighted by atomic mass is 16.4. The number of aromatic nitrogens is 1. The van der Waals surface area contributed by atoms with Crippen LogP contribution in [0.4, 0.5) is 0 Å². The van der Waals surface area contributed by atoms with Gasteiger partial charge in [-0.2, -0.15) is 0 Å². The van der Waals surface area contributed by atoms with Crippen LogP contribution in [0.1, 0.15) is 30.4 Å². The number of hydrogen-bond acceptors (Lipinski definition) is 5. The lowest BCUT2D eigenvalue weighted by Crippen LogP contribution is -2.16. The minimum atomic E-state index is -0.642. The van der Waals surface area contributed by atoms with Crippen LogP contribution in [0.5, 0.6) is 5.75 Å². The summed E-state index contributed by atoms with van der Waals surface area (Å²) in [6.45, 7) is 1.45. The molecular formula is C18H15NO4. The maximum atomic E-state index is 12.4. The van der Waals surface area contributed by atoms with E-state index in [-0.39, 0.29) is 23.5 Å². The number of fused-ring (bicyclic) bond motifs is 1. The standard InChI is InChI=1S/C18H15NO4/c1-11(20)9-14(12-5-4-8-19-10-12)16-17(21)13-6-2-3-7-15(13)23-18(16)22/h2-8,10,14,21H,9H2,1H3/t14-/m0/s1. The molecule has 0 aliphatic heterocycles. The van der Waals surface area contributed by atoms with Gasteiger partial charge in [0, 0.05) is 24.7 Å². The zero-order chi connectivity index (χ0) is 16.4. The number of rotatable bonds is 4. The molecule has 2 aromatic heterocycles. The molecule has 0 saturated carbocycles. The molecule has 116 valence electrons. The van der Waals surface area contributed by atoms with Gasteiger partial charge in [-0.25, -0.2) is 4.79 Å². The number of pyridine rings is 1. The molecule has 3 rings (SSSR count). The summed E-state index contributed by atoms with van der Waals surface area (Å²) in [5.74, 6) is -0.833. The summed E-state index contributed by atoms with van der Waals surface area (Å²) in [7, 11) is 0. The third-order valence-electron chi connectivity index (χ3n) is 3.75. The highest BCUT2D eigenvalue weighted by molar-refractivity contribution is 5.85.